The zero-order chi connectivity index (χ0) is 11.9. The van der Waals surface area contributed by atoms with E-state index in [0.717, 1.165) is 16.5 Å². The van der Waals surface area contributed by atoms with Crippen molar-refractivity contribution in [3.63, 3.8) is 0 Å². The van der Waals surface area contributed by atoms with Gasteiger partial charge in [-0.05, 0) is 6.92 Å². The average Bonchev–Trinajstić information content (AvgIpc) is 2.78. The zero-order valence-corrected chi connectivity index (χ0v) is 10.6. The molecule has 2 aromatic heterocycles. The van der Waals surface area contributed by atoms with Crippen LogP contribution >= 0.6 is 11.3 Å². The largest absolute Gasteiger partial charge is 0.354 e. The minimum atomic E-state index is -0.0669. The molecule has 0 fully saturated rings. The summed E-state index contributed by atoms with van der Waals surface area (Å²) < 4.78 is 1.96. The van der Waals surface area contributed by atoms with Gasteiger partial charge in [0.2, 0.25) is 4.96 Å². The number of hydrogen-bond donors (Lipinski definition) is 1. The van der Waals surface area contributed by atoms with Gasteiger partial charge in [-0.25, -0.2) is 0 Å². The van der Waals surface area contributed by atoms with Gasteiger partial charge in [0.15, 0.2) is 0 Å². The number of carbonyl (C=O) groups is 1. The second-order valence-electron chi connectivity index (χ2n) is 3.93. The molecule has 0 aliphatic heterocycles. The van der Waals surface area contributed by atoms with Gasteiger partial charge >= 0.3 is 0 Å². The van der Waals surface area contributed by atoms with Crippen LogP contribution in [-0.4, -0.2) is 27.6 Å². The summed E-state index contributed by atoms with van der Waals surface area (Å²) in [4.78, 5) is 13.1. The highest BCUT2D eigenvalue weighted by molar-refractivity contribution is 7.19. The summed E-state index contributed by atoms with van der Waals surface area (Å²) in [5.41, 5.74) is 0.910. The van der Waals surface area contributed by atoms with Crippen LogP contribution in [0.3, 0.4) is 0 Å². The van der Waals surface area contributed by atoms with Gasteiger partial charge in [-0.1, -0.05) is 25.2 Å². The molecule has 0 saturated carbocycles. The fourth-order valence-corrected chi connectivity index (χ4v) is 2.65. The first-order chi connectivity index (χ1) is 7.56. The lowest BCUT2D eigenvalue weighted by Gasteiger charge is -2.02. The first-order valence-electron chi connectivity index (χ1n) is 5.12. The smallest absolute Gasteiger partial charge is 0.263 e. The maximum absolute atomic E-state index is 11.6. The van der Waals surface area contributed by atoms with Crippen LogP contribution < -0.4 is 5.32 Å². The van der Waals surface area contributed by atoms with Crippen LogP contribution in [0.2, 0.25) is 0 Å². The Morgan fingerprint density at radius 2 is 2.12 bits per heavy atom. The van der Waals surface area contributed by atoms with Gasteiger partial charge in [-0.15, -0.1) is 10.2 Å². The number of aryl methyl sites for hydroxylation is 1. The van der Waals surface area contributed by atoms with Crippen LogP contribution in [0.5, 0.6) is 0 Å². The molecule has 0 aromatic carbocycles. The molecule has 2 aromatic rings. The summed E-state index contributed by atoms with van der Waals surface area (Å²) in [5, 5.41) is 10.9. The number of hydrogen-bond acceptors (Lipinski definition) is 4. The molecule has 0 radical (unpaired) electrons. The first kappa shape index (κ1) is 11.1. The van der Waals surface area contributed by atoms with Crippen LogP contribution in [-0.2, 0) is 0 Å². The lowest BCUT2D eigenvalue weighted by Crippen LogP contribution is -2.17. The first-order valence-corrected chi connectivity index (χ1v) is 5.94. The number of fused-ring (bicyclic) bond motifs is 1. The number of nitrogens with one attached hydrogen (secondary N) is 1. The molecule has 0 spiro atoms. The molecule has 86 valence electrons. The van der Waals surface area contributed by atoms with Gasteiger partial charge < -0.3 is 5.32 Å². The molecule has 0 bridgehead atoms. The molecular formula is C10H14N4OS. The fraction of sp³-hybridized carbons (Fsp3) is 0.500. The van der Waals surface area contributed by atoms with Crippen molar-refractivity contribution in [3.8, 4) is 0 Å². The van der Waals surface area contributed by atoms with Crippen molar-refractivity contribution in [2.75, 3.05) is 7.05 Å². The van der Waals surface area contributed by atoms with Gasteiger partial charge in [0.1, 0.15) is 10.7 Å². The van der Waals surface area contributed by atoms with Gasteiger partial charge in [-0.2, -0.15) is 0 Å². The van der Waals surface area contributed by atoms with Crippen LogP contribution in [0.4, 0.5) is 0 Å². The van der Waals surface area contributed by atoms with Crippen LogP contribution in [0.25, 0.3) is 4.96 Å². The van der Waals surface area contributed by atoms with Crippen molar-refractivity contribution in [2.24, 2.45) is 0 Å². The van der Waals surface area contributed by atoms with E-state index in [0.29, 0.717) is 10.8 Å². The number of nitrogens with zero attached hydrogens (tertiary/aromatic N) is 3. The van der Waals surface area contributed by atoms with Crippen molar-refractivity contribution in [1.82, 2.24) is 19.9 Å². The normalized spacial score (nSPS) is 11.3. The average molecular weight is 238 g/mol. The Morgan fingerprint density at radius 1 is 1.44 bits per heavy atom. The summed E-state index contributed by atoms with van der Waals surface area (Å²) in [6.07, 6.45) is 0. The Labute approximate surface area is 97.5 Å². The molecule has 0 aliphatic carbocycles. The van der Waals surface area contributed by atoms with E-state index >= 15 is 0 Å². The number of thiazole rings is 1. The Kier molecular flexibility index (Phi) is 2.67. The number of carbonyl (C=O) groups excluding carboxylic acids is 1. The predicted molar refractivity (Wildman–Crippen MR) is 63.1 cm³/mol. The maximum Gasteiger partial charge on any atom is 0.263 e. The van der Waals surface area contributed by atoms with E-state index in [1.807, 2.05) is 11.3 Å². The third-order valence-corrected chi connectivity index (χ3v) is 3.60. The van der Waals surface area contributed by atoms with Crippen LogP contribution in [0, 0.1) is 6.92 Å². The predicted octanol–water partition coefficient (Wildman–Crippen LogP) is 1.58. The summed E-state index contributed by atoms with van der Waals surface area (Å²) in [7, 11) is 1.63. The maximum atomic E-state index is 11.6. The monoisotopic (exact) mass is 238 g/mol. The molecule has 16 heavy (non-hydrogen) atoms. The number of amides is 1. The molecule has 2 rings (SSSR count). The van der Waals surface area contributed by atoms with E-state index < -0.39 is 0 Å². The fourth-order valence-electron chi connectivity index (χ4n) is 1.63. The molecule has 0 saturated heterocycles. The molecule has 0 unspecified atom stereocenters. The van der Waals surface area contributed by atoms with Crippen molar-refractivity contribution >= 4 is 22.2 Å². The van der Waals surface area contributed by atoms with E-state index in [2.05, 4.69) is 29.4 Å². The van der Waals surface area contributed by atoms with Gasteiger partial charge in [0.05, 0.1) is 0 Å². The quantitative estimate of drug-likeness (QED) is 0.864. The molecular weight excluding hydrogens is 224 g/mol. The summed E-state index contributed by atoms with van der Waals surface area (Å²) in [5.74, 6) is 1.13. The number of rotatable bonds is 2. The molecule has 2 heterocycles. The SMILES string of the molecule is CNC(=O)c1sc2nnc(C(C)C)n2c1C. The van der Waals surface area contributed by atoms with E-state index in [1.165, 1.54) is 11.3 Å². The molecule has 0 aliphatic rings. The van der Waals surface area contributed by atoms with E-state index in [1.54, 1.807) is 7.05 Å². The summed E-state index contributed by atoms with van der Waals surface area (Å²) in [6, 6.07) is 0. The minimum absolute atomic E-state index is 0.0669. The van der Waals surface area contributed by atoms with Crippen molar-refractivity contribution in [3.05, 3.63) is 16.4 Å². The summed E-state index contributed by atoms with van der Waals surface area (Å²) >= 11 is 1.37. The Morgan fingerprint density at radius 3 is 2.69 bits per heavy atom. The second-order valence-corrected chi connectivity index (χ2v) is 4.90. The third-order valence-electron chi connectivity index (χ3n) is 2.47. The van der Waals surface area contributed by atoms with Gasteiger partial charge in [0.25, 0.3) is 5.91 Å². The highest BCUT2D eigenvalue weighted by atomic mass is 32.1. The third kappa shape index (κ3) is 1.49. The van der Waals surface area contributed by atoms with E-state index in [-0.39, 0.29) is 5.91 Å². The van der Waals surface area contributed by atoms with Gasteiger partial charge in [-0.3, -0.25) is 9.20 Å². The zero-order valence-electron chi connectivity index (χ0n) is 9.74. The lowest BCUT2D eigenvalue weighted by atomic mass is 10.2. The van der Waals surface area contributed by atoms with E-state index in [9.17, 15) is 4.79 Å². The van der Waals surface area contributed by atoms with E-state index in [4.69, 9.17) is 0 Å². The minimum Gasteiger partial charge on any atom is -0.354 e. The standard InChI is InChI=1S/C10H14N4OS/c1-5(2)8-12-13-10-14(8)6(3)7(16-10)9(15)11-4/h5H,1-4H3,(H,11,15). The van der Waals surface area contributed by atoms with Crippen molar-refractivity contribution in [1.29, 1.82) is 0 Å². The molecule has 6 heteroatoms. The number of aromatic nitrogens is 3. The van der Waals surface area contributed by atoms with Crippen molar-refractivity contribution < 1.29 is 4.79 Å². The van der Waals surface area contributed by atoms with Crippen LogP contribution in [0.15, 0.2) is 0 Å². The highest BCUT2D eigenvalue weighted by Gasteiger charge is 2.19. The molecule has 0 atom stereocenters. The van der Waals surface area contributed by atoms with Crippen molar-refractivity contribution in [2.45, 2.75) is 26.7 Å². The topological polar surface area (TPSA) is 59.3 Å². The lowest BCUT2D eigenvalue weighted by molar-refractivity contribution is 0.0966. The summed E-state index contributed by atoms with van der Waals surface area (Å²) in [6.45, 7) is 6.05. The molecule has 1 amide bonds. The van der Waals surface area contributed by atoms with Gasteiger partial charge in [0, 0.05) is 18.7 Å². The second kappa shape index (κ2) is 3.86. The van der Waals surface area contributed by atoms with Crippen LogP contribution in [0.1, 0.15) is 41.0 Å². The Bertz CT molecular complexity index is 540. The molecule has 1 N–H and O–H groups in total. The molecule has 5 nitrogen and oxygen atoms in total. The Hall–Kier alpha value is -1.43. The Balaban J connectivity index is 2.66. The highest BCUT2D eigenvalue weighted by Crippen LogP contribution is 2.25.